The minimum absolute atomic E-state index is 0.772. The summed E-state index contributed by atoms with van der Waals surface area (Å²) in [6.45, 7) is 0. The maximum atomic E-state index is 6.14. The monoisotopic (exact) mass is 319 g/mol. The van der Waals surface area contributed by atoms with Crippen LogP contribution in [0.4, 0.5) is 5.69 Å². The number of anilines is 1. The number of fused-ring (bicyclic) bond motifs is 1. The van der Waals surface area contributed by atoms with Crippen LogP contribution in [-0.4, -0.2) is 27.0 Å². The van der Waals surface area contributed by atoms with E-state index in [0.717, 1.165) is 39.2 Å². The summed E-state index contributed by atoms with van der Waals surface area (Å²) in [5.74, 6) is 1.55. The summed E-state index contributed by atoms with van der Waals surface area (Å²) in [6, 6.07) is 11.9. The van der Waals surface area contributed by atoms with E-state index in [2.05, 4.69) is 26.7 Å². The van der Waals surface area contributed by atoms with Gasteiger partial charge in [-0.05, 0) is 36.4 Å². The summed E-state index contributed by atoms with van der Waals surface area (Å²) in [7, 11) is 3.82. The van der Waals surface area contributed by atoms with Crippen molar-refractivity contribution in [2.24, 2.45) is 7.05 Å². The number of ether oxygens (including phenoxy) is 1. The number of nitrogens with zero attached hydrogens (tertiary/aromatic N) is 3. The van der Waals surface area contributed by atoms with Gasteiger partial charge in [-0.1, -0.05) is 0 Å². The molecule has 0 saturated heterocycles. The molecule has 0 unspecified atom stereocenters. The minimum Gasteiger partial charge on any atom is -0.457 e. The average Bonchev–Trinajstić information content (AvgIpc) is 3.25. The van der Waals surface area contributed by atoms with Crippen LogP contribution in [0.3, 0.4) is 0 Å². The molecule has 0 atom stereocenters. The van der Waals surface area contributed by atoms with Gasteiger partial charge in [0.15, 0.2) is 0 Å². The third kappa shape index (κ3) is 2.48. The lowest BCUT2D eigenvalue weighted by Crippen LogP contribution is -1.92. The Labute approximate surface area is 139 Å². The van der Waals surface area contributed by atoms with Crippen molar-refractivity contribution in [2.75, 3.05) is 12.4 Å². The van der Waals surface area contributed by atoms with E-state index in [-0.39, 0.29) is 0 Å². The van der Waals surface area contributed by atoms with Gasteiger partial charge in [0.1, 0.15) is 11.5 Å². The lowest BCUT2D eigenvalue weighted by atomic mass is 10.1. The fraction of sp³-hybridized carbons (Fsp3) is 0.111. The molecule has 0 amide bonds. The molecule has 2 heterocycles. The number of aromatic amines is 1. The second-order valence-corrected chi connectivity index (χ2v) is 5.54. The lowest BCUT2D eigenvalue weighted by Gasteiger charge is -2.12. The molecule has 0 aliphatic heterocycles. The summed E-state index contributed by atoms with van der Waals surface area (Å²) in [4.78, 5) is 0. The molecule has 0 spiro atoms. The van der Waals surface area contributed by atoms with Gasteiger partial charge >= 0.3 is 0 Å². The molecule has 120 valence electrons. The largest absolute Gasteiger partial charge is 0.457 e. The van der Waals surface area contributed by atoms with Crippen molar-refractivity contribution in [1.82, 2.24) is 20.0 Å². The van der Waals surface area contributed by atoms with Crippen molar-refractivity contribution in [2.45, 2.75) is 0 Å². The first-order valence-corrected chi connectivity index (χ1v) is 7.65. The second kappa shape index (κ2) is 5.73. The van der Waals surface area contributed by atoms with Crippen LogP contribution in [0.15, 0.2) is 55.0 Å². The van der Waals surface area contributed by atoms with Crippen molar-refractivity contribution in [3.8, 4) is 22.6 Å². The lowest BCUT2D eigenvalue weighted by molar-refractivity contribution is 0.485. The molecule has 2 N–H and O–H groups in total. The predicted octanol–water partition coefficient (Wildman–Crippen LogP) is 3.80. The Morgan fingerprint density at radius 1 is 1.12 bits per heavy atom. The molecule has 2 aromatic heterocycles. The van der Waals surface area contributed by atoms with Crippen LogP contribution in [0.1, 0.15) is 0 Å². The van der Waals surface area contributed by atoms with Gasteiger partial charge in [0.25, 0.3) is 0 Å². The normalized spacial score (nSPS) is 10.9. The van der Waals surface area contributed by atoms with Gasteiger partial charge < -0.3 is 10.1 Å². The van der Waals surface area contributed by atoms with E-state index < -0.39 is 0 Å². The molecule has 0 aliphatic carbocycles. The number of benzene rings is 2. The molecule has 4 rings (SSSR count). The van der Waals surface area contributed by atoms with Crippen molar-refractivity contribution >= 4 is 16.6 Å². The van der Waals surface area contributed by atoms with Crippen LogP contribution in [0.2, 0.25) is 0 Å². The van der Waals surface area contributed by atoms with E-state index in [1.54, 1.807) is 6.20 Å². The van der Waals surface area contributed by atoms with Crippen LogP contribution in [-0.2, 0) is 7.05 Å². The van der Waals surface area contributed by atoms with E-state index in [1.165, 1.54) is 0 Å². The van der Waals surface area contributed by atoms with E-state index in [1.807, 2.05) is 61.5 Å². The molecule has 6 nitrogen and oxygen atoms in total. The van der Waals surface area contributed by atoms with Gasteiger partial charge in [-0.2, -0.15) is 10.2 Å². The smallest absolute Gasteiger partial charge is 0.136 e. The second-order valence-electron chi connectivity index (χ2n) is 5.54. The number of H-pyrrole nitrogens is 1. The van der Waals surface area contributed by atoms with E-state index >= 15 is 0 Å². The molecule has 0 fully saturated rings. The molecule has 4 aromatic rings. The predicted molar refractivity (Wildman–Crippen MR) is 94.4 cm³/mol. The Bertz CT molecular complexity index is 971. The molecule has 0 bridgehead atoms. The zero-order chi connectivity index (χ0) is 16.5. The standard InChI is InChI=1S/C18H17N5O/c1-19-14-3-5-15(6-4-14)24-18-7-12-11-22-23(2)17(12)8-16(18)13-9-20-21-10-13/h3-11,19H,1-2H3,(H,20,21). The fourth-order valence-corrected chi connectivity index (χ4v) is 2.70. The number of aromatic nitrogens is 4. The molecule has 24 heavy (non-hydrogen) atoms. The highest BCUT2D eigenvalue weighted by Crippen LogP contribution is 2.36. The highest BCUT2D eigenvalue weighted by Gasteiger charge is 2.13. The van der Waals surface area contributed by atoms with E-state index in [9.17, 15) is 0 Å². The van der Waals surface area contributed by atoms with Gasteiger partial charge in [-0.25, -0.2) is 0 Å². The highest BCUT2D eigenvalue weighted by molar-refractivity contribution is 5.88. The van der Waals surface area contributed by atoms with Gasteiger partial charge in [0.2, 0.25) is 0 Å². The molecule has 6 heteroatoms. The number of hydrogen-bond acceptors (Lipinski definition) is 4. The van der Waals surface area contributed by atoms with Gasteiger partial charge in [0.05, 0.1) is 17.9 Å². The zero-order valence-electron chi connectivity index (χ0n) is 13.4. The van der Waals surface area contributed by atoms with Crippen LogP contribution >= 0.6 is 0 Å². The summed E-state index contributed by atoms with van der Waals surface area (Å²) >= 11 is 0. The molecular formula is C18H17N5O. The average molecular weight is 319 g/mol. The Kier molecular flexibility index (Phi) is 3.42. The quantitative estimate of drug-likeness (QED) is 0.600. The summed E-state index contributed by atoms with van der Waals surface area (Å²) in [5.41, 5.74) is 4.03. The maximum absolute atomic E-state index is 6.14. The zero-order valence-corrected chi connectivity index (χ0v) is 13.4. The van der Waals surface area contributed by atoms with Gasteiger partial charge in [0, 0.05) is 42.5 Å². The summed E-state index contributed by atoms with van der Waals surface area (Å²) in [5, 5.41) is 15.4. The third-order valence-corrected chi connectivity index (χ3v) is 4.03. The SMILES string of the molecule is CNc1ccc(Oc2cc3cnn(C)c3cc2-c2cn[nH]c2)cc1. The first-order chi connectivity index (χ1) is 11.7. The first-order valence-electron chi connectivity index (χ1n) is 7.65. The van der Waals surface area contributed by atoms with Crippen molar-refractivity contribution < 1.29 is 4.74 Å². The molecule has 0 saturated carbocycles. The summed E-state index contributed by atoms with van der Waals surface area (Å²) in [6.07, 6.45) is 5.48. The number of rotatable bonds is 4. The van der Waals surface area contributed by atoms with Crippen molar-refractivity contribution in [1.29, 1.82) is 0 Å². The number of aryl methyl sites for hydroxylation is 1. The Balaban J connectivity index is 1.81. The Morgan fingerprint density at radius 2 is 1.96 bits per heavy atom. The van der Waals surface area contributed by atoms with E-state index in [4.69, 9.17) is 4.74 Å². The minimum atomic E-state index is 0.772. The molecule has 0 aliphatic rings. The topological polar surface area (TPSA) is 67.8 Å². The number of nitrogens with one attached hydrogen (secondary N) is 2. The highest BCUT2D eigenvalue weighted by atomic mass is 16.5. The van der Waals surface area contributed by atoms with Gasteiger partial charge in [-0.3, -0.25) is 9.78 Å². The third-order valence-electron chi connectivity index (χ3n) is 4.03. The fourth-order valence-electron chi connectivity index (χ4n) is 2.70. The molecular weight excluding hydrogens is 302 g/mol. The van der Waals surface area contributed by atoms with E-state index in [0.29, 0.717) is 0 Å². The van der Waals surface area contributed by atoms with Crippen molar-refractivity contribution in [3.63, 3.8) is 0 Å². The Hall–Kier alpha value is -3.28. The molecule has 2 aromatic carbocycles. The Morgan fingerprint density at radius 3 is 2.67 bits per heavy atom. The van der Waals surface area contributed by atoms with Crippen LogP contribution in [0.5, 0.6) is 11.5 Å². The maximum Gasteiger partial charge on any atom is 0.136 e. The first kappa shape index (κ1) is 14.3. The number of hydrogen-bond donors (Lipinski definition) is 2. The summed E-state index contributed by atoms with van der Waals surface area (Å²) < 4.78 is 8.00. The van der Waals surface area contributed by atoms with Crippen LogP contribution in [0.25, 0.3) is 22.0 Å². The van der Waals surface area contributed by atoms with Crippen LogP contribution in [0, 0.1) is 0 Å². The molecule has 0 radical (unpaired) electrons. The van der Waals surface area contributed by atoms with Gasteiger partial charge in [-0.15, -0.1) is 0 Å². The van der Waals surface area contributed by atoms with Crippen molar-refractivity contribution in [3.05, 3.63) is 55.0 Å². The van der Waals surface area contributed by atoms with Crippen LogP contribution < -0.4 is 10.1 Å².